The van der Waals surface area contributed by atoms with E-state index in [9.17, 15) is 4.79 Å². The van der Waals surface area contributed by atoms with Gasteiger partial charge >= 0.3 is 0 Å². The molecule has 0 fully saturated rings. The summed E-state index contributed by atoms with van der Waals surface area (Å²) in [6, 6.07) is 11.8. The quantitative estimate of drug-likeness (QED) is 0.605. The van der Waals surface area contributed by atoms with Gasteiger partial charge in [-0.3, -0.25) is 9.78 Å². The number of pyridine rings is 1. The number of rotatable bonds is 7. The van der Waals surface area contributed by atoms with E-state index in [1.807, 2.05) is 24.3 Å². The number of nitrogens with zero attached hydrogens (tertiary/aromatic N) is 1. The Hall–Kier alpha value is -2.42. The number of aromatic nitrogens is 1. The number of hydrogen-bond acceptors (Lipinski definition) is 2. The van der Waals surface area contributed by atoms with Gasteiger partial charge in [0.25, 0.3) is 0 Å². The predicted octanol–water partition coefficient (Wildman–Crippen LogP) is 4.47. The smallest absolute Gasteiger partial charge is 0.248 e. The summed E-state index contributed by atoms with van der Waals surface area (Å²) < 4.78 is 0. The minimum Gasteiger partial charge on any atom is -0.323 e. The highest BCUT2D eigenvalue weighted by Crippen LogP contribution is 2.12. The van der Waals surface area contributed by atoms with Crippen molar-refractivity contribution < 1.29 is 4.79 Å². The van der Waals surface area contributed by atoms with Crippen LogP contribution in [0.15, 0.2) is 54.9 Å². The molecule has 1 aromatic heterocycles. The van der Waals surface area contributed by atoms with E-state index < -0.39 is 0 Å². The first kappa shape index (κ1) is 16.0. The van der Waals surface area contributed by atoms with Gasteiger partial charge in [-0.1, -0.05) is 38.0 Å². The molecule has 0 spiro atoms. The molecule has 0 radical (unpaired) electrons. The third kappa shape index (κ3) is 5.52. The Morgan fingerprint density at radius 3 is 2.68 bits per heavy atom. The van der Waals surface area contributed by atoms with Crippen LogP contribution in [0.25, 0.3) is 6.08 Å². The standard InChI is InChI=1S/C19H22N2O/c1-2-3-4-6-16-8-11-18(12-9-16)21-19(22)13-10-17-7-5-14-20-15-17/h5,7-15H,2-4,6H2,1H3,(H,21,22)/b13-10+. The van der Waals surface area contributed by atoms with E-state index in [-0.39, 0.29) is 5.91 Å². The predicted molar refractivity (Wildman–Crippen MR) is 91.6 cm³/mol. The average molecular weight is 294 g/mol. The Balaban J connectivity index is 1.85. The summed E-state index contributed by atoms with van der Waals surface area (Å²) in [4.78, 5) is 15.9. The zero-order valence-corrected chi connectivity index (χ0v) is 13.0. The molecule has 0 aliphatic heterocycles. The van der Waals surface area contributed by atoms with Gasteiger partial charge in [0.05, 0.1) is 0 Å². The molecule has 1 heterocycles. The maximum absolute atomic E-state index is 11.9. The normalized spacial score (nSPS) is 10.8. The molecule has 0 aliphatic carbocycles. The minimum atomic E-state index is -0.136. The number of hydrogen-bond donors (Lipinski definition) is 1. The second-order valence-electron chi connectivity index (χ2n) is 5.26. The molecule has 0 unspecified atom stereocenters. The van der Waals surface area contributed by atoms with Gasteiger partial charge in [-0.15, -0.1) is 0 Å². The molecule has 3 nitrogen and oxygen atoms in total. The summed E-state index contributed by atoms with van der Waals surface area (Å²) in [5, 5.41) is 2.86. The van der Waals surface area contributed by atoms with Crippen molar-refractivity contribution in [3.63, 3.8) is 0 Å². The SMILES string of the molecule is CCCCCc1ccc(NC(=O)/C=C/c2cccnc2)cc1. The fourth-order valence-corrected chi connectivity index (χ4v) is 2.16. The van der Waals surface area contributed by atoms with E-state index in [0.29, 0.717) is 0 Å². The number of unbranched alkanes of at least 4 members (excludes halogenated alkanes) is 2. The molecule has 1 amide bonds. The van der Waals surface area contributed by atoms with Gasteiger partial charge in [-0.2, -0.15) is 0 Å². The summed E-state index contributed by atoms with van der Waals surface area (Å²) in [5.41, 5.74) is 3.04. The zero-order valence-electron chi connectivity index (χ0n) is 13.0. The van der Waals surface area contributed by atoms with Crippen molar-refractivity contribution >= 4 is 17.7 Å². The monoisotopic (exact) mass is 294 g/mol. The van der Waals surface area contributed by atoms with Gasteiger partial charge < -0.3 is 5.32 Å². The second kappa shape index (κ2) is 8.78. The Labute approximate surface area is 132 Å². The molecular formula is C19H22N2O. The lowest BCUT2D eigenvalue weighted by Crippen LogP contribution is -2.07. The lowest BCUT2D eigenvalue weighted by molar-refractivity contribution is -0.111. The molecule has 2 aromatic rings. The zero-order chi connectivity index (χ0) is 15.6. The second-order valence-corrected chi connectivity index (χ2v) is 5.26. The highest BCUT2D eigenvalue weighted by molar-refractivity contribution is 6.01. The molecule has 0 atom stereocenters. The third-order valence-electron chi connectivity index (χ3n) is 3.40. The van der Waals surface area contributed by atoms with Crippen molar-refractivity contribution in [2.24, 2.45) is 0 Å². The Bertz CT molecular complexity index is 603. The Morgan fingerprint density at radius 2 is 2.00 bits per heavy atom. The lowest BCUT2D eigenvalue weighted by Gasteiger charge is -2.04. The van der Waals surface area contributed by atoms with Crippen LogP contribution >= 0.6 is 0 Å². The van der Waals surface area contributed by atoms with Crippen molar-refractivity contribution in [1.29, 1.82) is 0 Å². The summed E-state index contributed by atoms with van der Waals surface area (Å²) in [6.45, 7) is 2.21. The molecule has 2 rings (SSSR count). The molecular weight excluding hydrogens is 272 g/mol. The fraction of sp³-hybridized carbons (Fsp3) is 0.263. The van der Waals surface area contributed by atoms with Crippen LogP contribution in [0.2, 0.25) is 0 Å². The van der Waals surface area contributed by atoms with Gasteiger partial charge in [-0.25, -0.2) is 0 Å². The van der Waals surface area contributed by atoms with Crippen molar-refractivity contribution in [3.05, 3.63) is 66.0 Å². The van der Waals surface area contributed by atoms with Gasteiger partial charge in [0.1, 0.15) is 0 Å². The first-order valence-corrected chi connectivity index (χ1v) is 7.76. The molecule has 0 saturated heterocycles. The van der Waals surface area contributed by atoms with Crippen LogP contribution in [0.5, 0.6) is 0 Å². The van der Waals surface area contributed by atoms with Crippen molar-refractivity contribution in [2.45, 2.75) is 32.6 Å². The number of carbonyl (C=O) groups is 1. The topological polar surface area (TPSA) is 42.0 Å². The van der Waals surface area contributed by atoms with Crippen molar-refractivity contribution in [2.75, 3.05) is 5.32 Å². The Morgan fingerprint density at radius 1 is 1.18 bits per heavy atom. The highest BCUT2D eigenvalue weighted by Gasteiger charge is 1.99. The molecule has 22 heavy (non-hydrogen) atoms. The summed E-state index contributed by atoms with van der Waals surface area (Å²) >= 11 is 0. The van der Waals surface area contributed by atoms with Crippen LogP contribution in [-0.4, -0.2) is 10.9 Å². The first-order chi connectivity index (χ1) is 10.8. The molecule has 0 bridgehead atoms. The van der Waals surface area contributed by atoms with Gasteiger partial charge in [0, 0.05) is 24.2 Å². The molecule has 114 valence electrons. The van der Waals surface area contributed by atoms with E-state index in [2.05, 4.69) is 29.4 Å². The maximum atomic E-state index is 11.9. The van der Waals surface area contributed by atoms with Crippen molar-refractivity contribution in [1.82, 2.24) is 4.98 Å². The number of amides is 1. The lowest BCUT2D eigenvalue weighted by atomic mass is 10.1. The largest absolute Gasteiger partial charge is 0.323 e. The van der Waals surface area contributed by atoms with E-state index >= 15 is 0 Å². The van der Waals surface area contributed by atoms with Crippen LogP contribution in [0.4, 0.5) is 5.69 Å². The summed E-state index contributed by atoms with van der Waals surface area (Å²) in [5.74, 6) is -0.136. The van der Waals surface area contributed by atoms with Crippen LogP contribution in [0.1, 0.15) is 37.3 Å². The molecule has 0 aliphatic rings. The Kier molecular flexibility index (Phi) is 6.37. The van der Waals surface area contributed by atoms with Crippen LogP contribution in [0, 0.1) is 0 Å². The number of anilines is 1. The fourth-order valence-electron chi connectivity index (χ4n) is 2.16. The van der Waals surface area contributed by atoms with Crippen LogP contribution in [-0.2, 0) is 11.2 Å². The number of nitrogens with one attached hydrogen (secondary N) is 1. The van der Waals surface area contributed by atoms with E-state index in [0.717, 1.165) is 17.7 Å². The van der Waals surface area contributed by atoms with Gasteiger partial charge in [0.15, 0.2) is 0 Å². The summed E-state index contributed by atoms with van der Waals surface area (Å²) in [7, 11) is 0. The van der Waals surface area contributed by atoms with E-state index in [4.69, 9.17) is 0 Å². The van der Waals surface area contributed by atoms with Crippen LogP contribution < -0.4 is 5.32 Å². The average Bonchev–Trinajstić information content (AvgIpc) is 2.56. The first-order valence-electron chi connectivity index (χ1n) is 7.76. The number of benzene rings is 1. The van der Waals surface area contributed by atoms with E-state index in [1.165, 1.54) is 30.9 Å². The number of carbonyl (C=O) groups excluding carboxylic acids is 1. The maximum Gasteiger partial charge on any atom is 0.248 e. The molecule has 3 heteroatoms. The van der Waals surface area contributed by atoms with Gasteiger partial charge in [0.2, 0.25) is 5.91 Å². The van der Waals surface area contributed by atoms with E-state index in [1.54, 1.807) is 18.5 Å². The minimum absolute atomic E-state index is 0.136. The van der Waals surface area contributed by atoms with Gasteiger partial charge in [-0.05, 0) is 48.2 Å². The van der Waals surface area contributed by atoms with Crippen LogP contribution in [0.3, 0.4) is 0 Å². The molecule has 1 N–H and O–H groups in total. The third-order valence-corrected chi connectivity index (χ3v) is 3.40. The number of aryl methyl sites for hydroxylation is 1. The summed E-state index contributed by atoms with van der Waals surface area (Å²) in [6.07, 6.45) is 11.5. The molecule has 0 saturated carbocycles. The highest BCUT2D eigenvalue weighted by atomic mass is 16.1. The van der Waals surface area contributed by atoms with Crippen molar-refractivity contribution in [3.8, 4) is 0 Å². The molecule has 1 aromatic carbocycles.